The van der Waals surface area contributed by atoms with Crippen LogP contribution < -0.4 is 20.9 Å². The maximum Gasteiger partial charge on any atom is 0.511 e. The molecule has 7 nitrogen and oxygen atoms in total. The summed E-state index contributed by atoms with van der Waals surface area (Å²) in [5.74, 6) is -0.349. The van der Waals surface area contributed by atoms with E-state index < -0.39 is 17.5 Å². The number of rotatable bonds is 4. The highest BCUT2D eigenvalue weighted by Gasteiger charge is 2.35. The molecule has 156 valence electrons. The second kappa shape index (κ2) is 6.73. The van der Waals surface area contributed by atoms with E-state index in [9.17, 15) is 9.59 Å². The van der Waals surface area contributed by atoms with Gasteiger partial charge in [0.15, 0.2) is 11.6 Å². The minimum atomic E-state index is -1.56. The number of aromatic nitrogens is 1. The molecule has 2 aromatic heterocycles. The number of fused-ring (bicyclic) bond motifs is 1. The lowest BCUT2D eigenvalue weighted by Crippen LogP contribution is -2.42. The van der Waals surface area contributed by atoms with Crippen LogP contribution in [0.4, 0.5) is 14.9 Å². The van der Waals surface area contributed by atoms with Gasteiger partial charge >= 0.3 is 6.16 Å². The van der Waals surface area contributed by atoms with Crippen LogP contribution in [0.5, 0.6) is 5.75 Å². The summed E-state index contributed by atoms with van der Waals surface area (Å²) in [6.45, 7) is 7.14. The van der Waals surface area contributed by atoms with Crippen molar-refractivity contribution in [2.75, 3.05) is 18.0 Å². The van der Waals surface area contributed by atoms with Crippen LogP contribution in [-0.4, -0.2) is 34.3 Å². The van der Waals surface area contributed by atoms with Crippen LogP contribution in [-0.2, 0) is 0 Å². The second-order valence-electron chi connectivity index (χ2n) is 8.83. The van der Waals surface area contributed by atoms with Crippen LogP contribution in [0.15, 0.2) is 17.1 Å². The first-order valence-corrected chi connectivity index (χ1v) is 9.91. The number of nitrogens with zero attached hydrogens (tertiary/aromatic N) is 2. The van der Waals surface area contributed by atoms with Gasteiger partial charge in [0, 0.05) is 18.6 Å². The van der Waals surface area contributed by atoms with Crippen molar-refractivity contribution in [2.45, 2.75) is 51.5 Å². The molecule has 0 amide bonds. The number of pyridine rings is 2. The van der Waals surface area contributed by atoms with Crippen LogP contribution in [0.2, 0.25) is 0 Å². The van der Waals surface area contributed by atoms with E-state index in [-0.39, 0.29) is 23.1 Å². The number of aryl methyl sites for hydroxylation is 1. The summed E-state index contributed by atoms with van der Waals surface area (Å²) in [6, 6.07) is 1.51. The molecule has 1 aliphatic heterocycles. The zero-order valence-electron chi connectivity index (χ0n) is 16.9. The van der Waals surface area contributed by atoms with Crippen molar-refractivity contribution in [1.82, 2.24) is 4.40 Å². The quantitative estimate of drug-likeness (QED) is 0.761. The Morgan fingerprint density at radius 1 is 1.34 bits per heavy atom. The van der Waals surface area contributed by atoms with E-state index in [0.717, 1.165) is 31.0 Å². The van der Waals surface area contributed by atoms with E-state index in [2.05, 4.69) is 4.74 Å². The predicted octanol–water partition coefficient (Wildman–Crippen LogP) is 3.24. The van der Waals surface area contributed by atoms with Crippen molar-refractivity contribution in [3.63, 3.8) is 0 Å². The van der Waals surface area contributed by atoms with E-state index >= 15 is 4.39 Å². The molecule has 0 radical (unpaired) electrons. The third-order valence-corrected chi connectivity index (χ3v) is 6.18. The molecule has 2 fully saturated rings. The van der Waals surface area contributed by atoms with Crippen LogP contribution in [0, 0.1) is 18.7 Å². The largest absolute Gasteiger partial charge is 0.511 e. The molecule has 1 saturated heterocycles. The fraction of sp³-hybridized carbons (Fsp3) is 0.524. The molecule has 3 heterocycles. The van der Waals surface area contributed by atoms with Gasteiger partial charge in [0.05, 0.1) is 17.4 Å². The number of ether oxygens (including phenoxy) is 1. The lowest BCUT2D eigenvalue weighted by Gasteiger charge is -2.28. The number of hydrogen-bond donors (Lipinski definition) is 2. The first kappa shape index (κ1) is 19.7. The maximum absolute atomic E-state index is 15.2. The van der Waals surface area contributed by atoms with E-state index in [0.29, 0.717) is 29.9 Å². The Morgan fingerprint density at radius 2 is 2.03 bits per heavy atom. The average Bonchev–Trinajstić information content (AvgIpc) is 3.33. The molecule has 1 aliphatic carbocycles. The molecule has 1 unspecified atom stereocenters. The minimum Gasteiger partial charge on any atom is -0.449 e. The van der Waals surface area contributed by atoms with Crippen molar-refractivity contribution >= 4 is 17.4 Å². The first-order valence-electron chi connectivity index (χ1n) is 9.91. The minimum absolute atomic E-state index is 0.216. The third kappa shape index (κ3) is 3.46. The highest BCUT2D eigenvalue weighted by atomic mass is 19.1. The monoisotopic (exact) mass is 403 g/mol. The molecule has 1 atom stereocenters. The fourth-order valence-electron chi connectivity index (χ4n) is 4.45. The van der Waals surface area contributed by atoms with E-state index in [4.69, 9.17) is 10.8 Å². The molecule has 0 spiro atoms. The third-order valence-electron chi connectivity index (χ3n) is 6.18. The number of hydrogen-bond acceptors (Lipinski definition) is 5. The maximum atomic E-state index is 15.2. The number of carbonyl (C=O) groups is 1. The molecule has 1 saturated carbocycles. The molecule has 8 heteroatoms. The Labute approximate surface area is 167 Å². The lowest BCUT2D eigenvalue weighted by molar-refractivity contribution is 0.143. The summed E-state index contributed by atoms with van der Waals surface area (Å²) in [5, 5.41) is 8.93. The summed E-state index contributed by atoms with van der Waals surface area (Å²) in [7, 11) is 0. The highest BCUT2D eigenvalue weighted by Crippen LogP contribution is 2.45. The zero-order chi connectivity index (χ0) is 21.1. The normalized spacial score (nSPS) is 19.8. The molecule has 4 rings (SSSR count). The number of nitrogens with two attached hydrogens (primary N) is 1. The second-order valence-corrected chi connectivity index (χ2v) is 8.83. The molecule has 0 bridgehead atoms. The van der Waals surface area contributed by atoms with E-state index in [1.807, 2.05) is 25.7 Å². The highest BCUT2D eigenvalue weighted by molar-refractivity contribution is 5.74. The smallest absolute Gasteiger partial charge is 0.449 e. The number of anilines is 1. The van der Waals surface area contributed by atoms with Crippen LogP contribution in [0.1, 0.15) is 50.2 Å². The van der Waals surface area contributed by atoms with Gasteiger partial charge in [-0.25, -0.2) is 9.18 Å². The van der Waals surface area contributed by atoms with Crippen LogP contribution in [0.3, 0.4) is 0 Å². The van der Waals surface area contributed by atoms with Gasteiger partial charge in [0.2, 0.25) is 0 Å². The fourth-order valence-corrected chi connectivity index (χ4v) is 4.45. The Kier molecular flexibility index (Phi) is 4.57. The summed E-state index contributed by atoms with van der Waals surface area (Å²) in [4.78, 5) is 25.7. The summed E-state index contributed by atoms with van der Waals surface area (Å²) < 4.78 is 21.1. The van der Waals surface area contributed by atoms with Crippen molar-refractivity contribution in [1.29, 1.82) is 0 Å². The zero-order valence-corrected chi connectivity index (χ0v) is 16.9. The molecule has 2 aliphatic rings. The van der Waals surface area contributed by atoms with Gasteiger partial charge < -0.3 is 20.5 Å². The SMILES string of the molecule is Cc1c(N2CCC(C(C)(C)N)C2)c(F)cn2c(=O)c(OC(=O)O)cc(C3CC3)c12. The number of halogens is 1. The van der Waals surface area contributed by atoms with Gasteiger partial charge in [0.25, 0.3) is 5.56 Å². The van der Waals surface area contributed by atoms with E-state index in [1.165, 1.54) is 10.5 Å². The van der Waals surface area contributed by atoms with Gasteiger partial charge in [-0.05, 0) is 69.1 Å². The summed E-state index contributed by atoms with van der Waals surface area (Å²) >= 11 is 0. The van der Waals surface area contributed by atoms with Crippen molar-refractivity contribution in [2.24, 2.45) is 11.7 Å². The molecule has 29 heavy (non-hydrogen) atoms. The Hall–Kier alpha value is -2.61. The molecule has 2 aromatic rings. The van der Waals surface area contributed by atoms with Gasteiger partial charge in [-0.15, -0.1) is 0 Å². The Balaban J connectivity index is 1.88. The summed E-state index contributed by atoms with van der Waals surface area (Å²) in [5.41, 5.74) is 7.88. The van der Waals surface area contributed by atoms with Crippen molar-refractivity contribution in [3.8, 4) is 5.75 Å². The molecular formula is C21H26FN3O4. The molecular weight excluding hydrogens is 377 g/mol. The lowest BCUT2D eigenvalue weighted by atomic mass is 9.88. The van der Waals surface area contributed by atoms with Crippen LogP contribution >= 0.6 is 0 Å². The molecule has 3 N–H and O–H groups in total. The topological polar surface area (TPSA) is 97.3 Å². The van der Waals surface area contributed by atoms with E-state index in [1.54, 1.807) is 0 Å². The van der Waals surface area contributed by atoms with Crippen molar-refractivity contribution in [3.05, 3.63) is 39.6 Å². The van der Waals surface area contributed by atoms with Gasteiger partial charge in [0.1, 0.15) is 0 Å². The van der Waals surface area contributed by atoms with Gasteiger partial charge in [-0.3, -0.25) is 9.20 Å². The standard InChI is InChI=1S/C21H26FN3O4/c1-11-17-14(12-4-5-12)8-16(29-20(27)28)19(26)25(17)10-15(22)18(11)24-7-6-13(9-24)21(2,3)23/h8,10,12-13H,4-7,9,23H2,1-3H3,(H,27,28). The van der Waals surface area contributed by atoms with Gasteiger partial charge in [-0.1, -0.05) is 0 Å². The Bertz CT molecular complexity index is 1050. The Morgan fingerprint density at radius 3 is 2.59 bits per heavy atom. The summed E-state index contributed by atoms with van der Waals surface area (Å²) in [6.07, 6.45) is 2.35. The molecule has 0 aromatic carbocycles. The number of carboxylic acid groups (broad SMARTS) is 1. The first-order chi connectivity index (χ1) is 13.6. The average molecular weight is 403 g/mol. The van der Waals surface area contributed by atoms with Crippen LogP contribution in [0.25, 0.3) is 5.52 Å². The van der Waals surface area contributed by atoms with Gasteiger partial charge in [-0.2, -0.15) is 0 Å². The predicted molar refractivity (Wildman–Crippen MR) is 108 cm³/mol. The van der Waals surface area contributed by atoms with Crippen molar-refractivity contribution < 1.29 is 19.0 Å².